The van der Waals surface area contributed by atoms with Crippen LogP contribution in [-0.4, -0.2) is 95.3 Å². The van der Waals surface area contributed by atoms with Crippen molar-refractivity contribution in [1.82, 2.24) is 19.9 Å². The van der Waals surface area contributed by atoms with Crippen LogP contribution in [0, 0.1) is 29.4 Å². The lowest BCUT2D eigenvalue weighted by molar-refractivity contribution is -0.0123. The van der Waals surface area contributed by atoms with Gasteiger partial charge in [-0.05, 0) is 69.7 Å². The number of phenols is 1. The molecule has 3 aliphatic rings. The van der Waals surface area contributed by atoms with E-state index < -0.39 is 23.7 Å². The molecular weight excluding hydrogens is 620 g/mol. The Bertz CT molecular complexity index is 2040. The van der Waals surface area contributed by atoms with Crippen molar-refractivity contribution >= 4 is 27.5 Å². The normalized spacial score (nSPS) is 26.4. The summed E-state index contributed by atoms with van der Waals surface area (Å²) in [5.41, 5.74) is -2.20. The maximum atomic E-state index is 17.1. The zero-order chi connectivity index (χ0) is 35.6. The molecule has 7 rings (SSSR count). The number of ether oxygens (including phenoxy) is 3. The van der Waals surface area contributed by atoms with Gasteiger partial charge in [-0.3, -0.25) is 0 Å². The Morgan fingerprint density at radius 1 is 1.19 bits per heavy atom. The molecule has 1 saturated carbocycles. The summed E-state index contributed by atoms with van der Waals surface area (Å²) >= 11 is 0. The van der Waals surface area contributed by atoms with E-state index in [-0.39, 0.29) is 94.4 Å². The van der Waals surface area contributed by atoms with Crippen LogP contribution in [0.4, 0.5) is 14.6 Å². The number of hydrogen-bond donors (Lipinski definition) is 2. The lowest BCUT2D eigenvalue weighted by Crippen LogP contribution is -2.50. The van der Waals surface area contributed by atoms with Gasteiger partial charge in [0, 0.05) is 31.7 Å². The first kappa shape index (κ1) is 29.8. The van der Waals surface area contributed by atoms with Crippen molar-refractivity contribution in [2.45, 2.75) is 50.7 Å². The average Bonchev–Trinajstić information content (AvgIpc) is 3.42. The first-order chi connectivity index (χ1) is 23.8. The zero-order valence-corrected chi connectivity index (χ0v) is 27.1. The number of benzene rings is 2. The van der Waals surface area contributed by atoms with E-state index in [4.69, 9.17) is 28.4 Å². The number of phenolic OH excluding ortho intramolecular Hbond substituents is 1. The van der Waals surface area contributed by atoms with Crippen LogP contribution in [0.15, 0.2) is 24.3 Å². The molecule has 2 aliphatic heterocycles. The van der Waals surface area contributed by atoms with E-state index in [1.54, 1.807) is 23.8 Å². The zero-order valence-electron chi connectivity index (χ0n) is 29.1. The number of hydrogen-bond acceptors (Lipinski definition) is 10. The highest BCUT2D eigenvalue weighted by atomic mass is 19.1. The molecule has 2 N–H and O–H groups in total. The van der Waals surface area contributed by atoms with Crippen LogP contribution in [0.2, 0.25) is 0 Å². The Morgan fingerprint density at radius 2 is 2.00 bits per heavy atom. The van der Waals surface area contributed by atoms with E-state index in [0.29, 0.717) is 24.8 Å². The molecule has 48 heavy (non-hydrogen) atoms. The minimum Gasteiger partial charge on any atom is -0.508 e. The third-order valence-electron chi connectivity index (χ3n) is 9.91. The lowest BCUT2D eigenvalue weighted by atomic mass is 9.76. The number of rotatable bonds is 6. The molecule has 3 fully saturated rings. The fraction of sp³-hybridized carbons (Fsp3) is 0.472. The van der Waals surface area contributed by atoms with Crippen LogP contribution in [0.3, 0.4) is 0 Å². The van der Waals surface area contributed by atoms with Gasteiger partial charge in [0.25, 0.3) is 0 Å². The highest BCUT2D eigenvalue weighted by Gasteiger charge is 2.47. The number of terminal acetylenes is 1. The topological polar surface area (TPSA) is 113 Å². The maximum Gasteiger partial charge on any atom is 0.319 e. The summed E-state index contributed by atoms with van der Waals surface area (Å²) in [6.45, 7) is 1.09. The lowest BCUT2D eigenvalue weighted by Gasteiger charge is -2.44. The second kappa shape index (κ2) is 12.3. The van der Waals surface area contributed by atoms with E-state index >= 15 is 4.39 Å². The molecule has 2 aromatic carbocycles. The number of aromatic nitrogens is 3. The number of likely N-dealkylation sites (tertiary alicyclic amines) is 1. The van der Waals surface area contributed by atoms with E-state index in [0.717, 1.165) is 19.3 Å². The SMILES string of the molecule is [2H]C1([2H])CC[C@@]2(COc3nc(N4CCOC[C@@](C)(O)C4)c4c(OC)nc(-c5cc(O)cc6ccc(F)c(C#C)c56)c(F)c4n3)CCC[C@H]2N1C. The Labute approximate surface area is 280 Å². The first-order valence-corrected chi connectivity index (χ1v) is 16.1. The van der Waals surface area contributed by atoms with E-state index in [1.165, 1.54) is 31.4 Å². The van der Waals surface area contributed by atoms with Crippen molar-refractivity contribution in [2.24, 2.45) is 5.41 Å². The van der Waals surface area contributed by atoms with Crippen molar-refractivity contribution in [2.75, 3.05) is 58.5 Å². The molecule has 4 heterocycles. The fourth-order valence-electron chi connectivity index (χ4n) is 7.72. The number of methoxy groups -OCH3 is 1. The Morgan fingerprint density at radius 3 is 2.79 bits per heavy atom. The van der Waals surface area contributed by atoms with E-state index in [1.807, 2.05) is 0 Å². The fourth-order valence-corrected chi connectivity index (χ4v) is 7.72. The Balaban J connectivity index is 1.42. The van der Waals surface area contributed by atoms with E-state index in [2.05, 4.69) is 15.9 Å². The summed E-state index contributed by atoms with van der Waals surface area (Å²) in [4.78, 5) is 17.4. The molecule has 252 valence electrons. The quantitative estimate of drug-likeness (QED) is 0.272. The average molecular weight is 662 g/mol. The molecule has 0 spiro atoms. The molecule has 4 aromatic rings. The van der Waals surface area contributed by atoms with Crippen molar-refractivity contribution < 1.29 is 35.9 Å². The molecule has 2 aromatic heterocycles. The molecule has 3 atom stereocenters. The van der Waals surface area contributed by atoms with Gasteiger partial charge in [0.15, 0.2) is 5.82 Å². The van der Waals surface area contributed by atoms with Crippen molar-refractivity contribution in [3.05, 3.63) is 41.5 Å². The highest BCUT2D eigenvalue weighted by Crippen LogP contribution is 2.48. The summed E-state index contributed by atoms with van der Waals surface area (Å²) in [6, 6.07) is 5.11. The van der Waals surface area contributed by atoms with Crippen molar-refractivity contribution in [3.8, 4) is 41.2 Å². The molecule has 1 aliphatic carbocycles. The monoisotopic (exact) mass is 661 g/mol. The molecular formula is C36H39F2N5O5. The third-order valence-corrected chi connectivity index (χ3v) is 9.91. The van der Waals surface area contributed by atoms with Gasteiger partial charge >= 0.3 is 6.01 Å². The molecule has 0 bridgehead atoms. The molecule has 10 nitrogen and oxygen atoms in total. The Kier molecular flexibility index (Phi) is 7.63. The van der Waals surface area contributed by atoms with Gasteiger partial charge in [-0.25, -0.2) is 13.8 Å². The predicted molar refractivity (Wildman–Crippen MR) is 177 cm³/mol. The Hall–Kier alpha value is -4.31. The number of halogens is 2. The number of pyridine rings is 1. The molecule has 0 radical (unpaired) electrons. The van der Waals surface area contributed by atoms with Crippen LogP contribution in [0.5, 0.6) is 17.6 Å². The van der Waals surface area contributed by atoms with Crippen LogP contribution in [-0.2, 0) is 4.74 Å². The number of anilines is 1. The van der Waals surface area contributed by atoms with Crippen LogP contribution < -0.4 is 14.4 Å². The largest absolute Gasteiger partial charge is 0.508 e. The molecule has 0 unspecified atom stereocenters. The van der Waals surface area contributed by atoms with Gasteiger partial charge in [-0.1, -0.05) is 18.4 Å². The first-order valence-electron chi connectivity index (χ1n) is 17.1. The minimum atomic E-state index is -1.43. The number of fused-ring (bicyclic) bond motifs is 3. The number of aliphatic hydroxyl groups is 1. The molecule has 0 amide bonds. The number of piperidine rings is 1. The van der Waals surface area contributed by atoms with Gasteiger partial charge in [0.05, 0.1) is 39.0 Å². The maximum absolute atomic E-state index is 17.1. The summed E-state index contributed by atoms with van der Waals surface area (Å²) in [6.07, 6.45) is 9.23. The summed E-state index contributed by atoms with van der Waals surface area (Å²) in [5, 5.41) is 22.4. The second-order valence-electron chi connectivity index (χ2n) is 13.3. The van der Waals surface area contributed by atoms with E-state index in [9.17, 15) is 14.6 Å². The van der Waals surface area contributed by atoms with Crippen LogP contribution in [0.25, 0.3) is 32.9 Å². The van der Waals surface area contributed by atoms with Gasteiger partial charge < -0.3 is 34.2 Å². The minimum absolute atomic E-state index is 0.0334. The van der Waals surface area contributed by atoms with Crippen molar-refractivity contribution in [3.63, 3.8) is 0 Å². The summed E-state index contributed by atoms with van der Waals surface area (Å²) < 4.78 is 66.8. The predicted octanol–water partition coefficient (Wildman–Crippen LogP) is 5.05. The summed E-state index contributed by atoms with van der Waals surface area (Å²) in [5.74, 6) is 0.689. The highest BCUT2D eigenvalue weighted by molar-refractivity contribution is 6.04. The smallest absolute Gasteiger partial charge is 0.319 e. The van der Waals surface area contributed by atoms with Crippen LogP contribution in [0.1, 0.15) is 47.3 Å². The van der Waals surface area contributed by atoms with Gasteiger partial charge in [0.2, 0.25) is 5.88 Å². The number of nitrogens with zero attached hydrogens (tertiary/aromatic N) is 5. The second-order valence-corrected chi connectivity index (χ2v) is 13.3. The van der Waals surface area contributed by atoms with Crippen molar-refractivity contribution in [1.29, 1.82) is 0 Å². The van der Waals surface area contributed by atoms with Gasteiger partial charge in [-0.2, -0.15) is 9.97 Å². The number of β-amino-alcohol motifs (C(OH)–C–C–N with tert-alkyl or cyclic N) is 1. The van der Waals surface area contributed by atoms with Crippen LogP contribution >= 0.6 is 0 Å². The summed E-state index contributed by atoms with van der Waals surface area (Å²) in [7, 11) is 3.17. The third kappa shape index (κ3) is 5.53. The number of aromatic hydroxyl groups is 1. The molecule has 2 saturated heterocycles. The molecule has 12 heteroatoms. The standard InChI is InChI=1S/C36H39F2N5O5/c1-5-23-25(37)10-9-21-16-22(44)17-24(27(21)23)30-29(38)31-28(33(39-30)46-4)32(43-14-15-47-19-35(2,45)18-43)41-34(40-31)48-20-36-11-6-8-26(36)42(3)13-7-12-36/h1,9-10,16-17,26,44-45H,6-8,11-15,18-20H2,2-4H3/t26-,35+,36-/m1/s1/i13D2. The van der Waals surface area contributed by atoms with Gasteiger partial charge in [0.1, 0.15) is 39.6 Å². The van der Waals surface area contributed by atoms with Gasteiger partial charge in [-0.15, -0.1) is 6.42 Å².